The maximum atomic E-state index is 13.5. The predicted molar refractivity (Wildman–Crippen MR) is 163 cm³/mol. The second kappa shape index (κ2) is 12.1. The minimum absolute atomic E-state index is 0.0516. The number of thiocarbonyl (C=S) groups is 1. The molecule has 0 unspecified atom stereocenters. The summed E-state index contributed by atoms with van der Waals surface area (Å²) in [5.74, 6) is 0.415. The minimum atomic E-state index is -0.733. The van der Waals surface area contributed by atoms with Gasteiger partial charge in [0.2, 0.25) is 5.91 Å². The minimum Gasteiger partial charge on any atom is -0.494 e. The topological polar surface area (TPSA) is 55.8 Å². The lowest BCUT2D eigenvalue weighted by molar-refractivity contribution is -0.137. The molecule has 0 saturated carbocycles. The van der Waals surface area contributed by atoms with E-state index < -0.39 is 5.54 Å². The summed E-state index contributed by atoms with van der Waals surface area (Å²) < 4.78 is 12.2. The number of carbonyl (C=O) groups excluding carboxylic acids is 2. The van der Waals surface area contributed by atoms with Gasteiger partial charge in [0.05, 0.1) is 33.5 Å². The highest BCUT2D eigenvalue weighted by Crippen LogP contribution is 2.58. The summed E-state index contributed by atoms with van der Waals surface area (Å²) in [6.45, 7) is 10.6. The van der Waals surface area contributed by atoms with E-state index in [1.165, 1.54) is 23.5 Å². The van der Waals surface area contributed by atoms with Crippen LogP contribution in [-0.4, -0.2) is 35.5 Å². The molecule has 0 spiro atoms. The van der Waals surface area contributed by atoms with Crippen LogP contribution in [0.15, 0.2) is 57.7 Å². The Kier molecular flexibility index (Phi) is 9.06. The van der Waals surface area contributed by atoms with Gasteiger partial charge in [0.25, 0.3) is 0 Å². The monoisotopic (exact) mass is 567 g/mol. The van der Waals surface area contributed by atoms with Crippen molar-refractivity contribution in [2.24, 2.45) is 0 Å². The van der Waals surface area contributed by atoms with Crippen molar-refractivity contribution in [2.75, 3.05) is 18.1 Å². The van der Waals surface area contributed by atoms with Crippen molar-refractivity contribution in [3.05, 3.63) is 68.8 Å². The highest BCUT2D eigenvalue weighted by molar-refractivity contribution is 8.32. The molecule has 2 heterocycles. The van der Waals surface area contributed by atoms with Crippen molar-refractivity contribution in [1.29, 1.82) is 0 Å². The van der Waals surface area contributed by atoms with Gasteiger partial charge in [-0.05, 0) is 57.9 Å². The summed E-state index contributed by atoms with van der Waals surface area (Å²) in [5.41, 5.74) is 2.73. The van der Waals surface area contributed by atoms with Crippen molar-refractivity contribution in [3.8, 4) is 5.75 Å². The molecule has 5 nitrogen and oxygen atoms in total. The van der Waals surface area contributed by atoms with Crippen molar-refractivity contribution in [1.82, 2.24) is 0 Å². The van der Waals surface area contributed by atoms with Gasteiger partial charge in [-0.2, -0.15) is 0 Å². The maximum absolute atomic E-state index is 13.5. The summed E-state index contributed by atoms with van der Waals surface area (Å²) in [4.78, 5) is 30.5. The molecule has 0 aliphatic carbocycles. The number of carbonyl (C=O) groups is 2. The third kappa shape index (κ3) is 5.44. The van der Waals surface area contributed by atoms with E-state index in [4.69, 9.17) is 21.7 Å². The van der Waals surface area contributed by atoms with Crippen LogP contribution in [0.3, 0.4) is 0 Å². The van der Waals surface area contributed by atoms with Crippen LogP contribution in [0.4, 0.5) is 5.69 Å². The Morgan fingerprint density at radius 3 is 2.39 bits per heavy atom. The van der Waals surface area contributed by atoms with Gasteiger partial charge in [-0.1, -0.05) is 79.4 Å². The first-order valence-electron chi connectivity index (χ1n) is 13.0. The van der Waals surface area contributed by atoms with Crippen molar-refractivity contribution < 1.29 is 19.1 Å². The number of fused-ring (bicyclic) bond motifs is 1. The zero-order valence-electron chi connectivity index (χ0n) is 22.5. The van der Waals surface area contributed by atoms with Crippen LogP contribution < -0.4 is 9.64 Å². The van der Waals surface area contributed by atoms with Crippen LogP contribution in [0.1, 0.15) is 65.0 Å². The third-order valence-corrected chi connectivity index (χ3v) is 9.75. The fourth-order valence-electron chi connectivity index (χ4n) is 4.60. The van der Waals surface area contributed by atoms with E-state index >= 15 is 0 Å². The quantitative estimate of drug-likeness (QED) is 0.183. The van der Waals surface area contributed by atoms with Crippen LogP contribution in [-0.2, 0) is 14.3 Å². The largest absolute Gasteiger partial charge is 0.494 e. The second-order valence-corrected chi connectivity index (χ2v) is 12.2. The lowest BCUT2D eigenvalue weighted by Crippen LogP contribution is -2.55. The number of thioether (sulfide) groups is 2. The molecule has 0 radical (unpaired) electrons. The van der Waals surface area contributed by atoms with Crippen LogP contribution in [0.5, 0.6) is 5.75 Å². The van der Waals surface area contributed by atoms with Gasteiger partial charge in [0.15, 0.2) is 0 Å². The van der Waals surface area contributed by atoms with Crippen LogP contribution in [0, 0.1) is 0 Å². The fourth-order valence-corrected chi connectivity index (χ4v) is 7.73. The highest BCUT2D eigenvalue weighted by Gasteiger charge is 2.45. The standard InChI is InChI=1S/C30H33NO4S3/c1-6-9-15-23(32)31-22-17-16-20(34-7-2)18-21(22)24(27(36)30(31,4)5)29-37-25(19-13-11-10-12-14-19)26(38-29)28(33)35-8-3/h10-14,16-18H,6-9,15H2,1-5H3/b29-24-. The normalized spacial score (nSPS) is 18.4. The SMILES string of the molecule is CCCCC(=O)N1c2ccc(OCC)cc2/C(=C2/SC(C(=O)OCC)=C(c3ccccc3)S2)C(=S)C1(C)C. The second-order valence-electron chi connectivity index (χ2n) is 9.44. The van der Waals surface area contributed by atoms with E-state index in [9.17, 15) is 9.59 Å². The number of benzene rings is 2. The first-order chi connectivity index (χ1) is 18.2. The number of esters is 1. The molecule has 2 aromatic rings. The average Bonchev–Trinajstić information content (AvgIpc) is 3.34. The molecule has 0 saturated heterocycles. The number of hydrogen-bond donors (Lipinski definition) is 0. The molecule has 0 bridgehead atoms. The van der Waals surface area contributed by atoms with Gasteiger partial charge in [0.1, 0.15) is 10.7 Å². The average molecular weight is 568 g/mol. The first kappa shape index (κ1) is 28.5. The van der Waals surface area contributed by atoms with E-state index in [2.05, 4.69) is 6.92 Å². The zero-order valence-corrected chi connectivity index (χ0v) is 24.9. The number of ether oxygens (including phenoxy) is 2. The molecule has 0 fully saturated rings. The molecule has 8 heteroatoms. The van der Waals surface area contributed by atoms with E-state index in [1.54, 1.807) is 6.92 Å². The summed E-state index contributed by atoms with van der Waals surface area (Å²) >= 11 is 9.08. The highest BCUT2D eigenvalue weighted by atomic mass is 32.2. The molecule has 4 rings (SSSR count). The summed E-state index contributed by atoms with van der Waals surface area (Å²) in [5, 5.41) is 0. The van der Waals surface area contributed by atoms with Crippen molar-refractivity contribution in [2.45, 2.75) is 59.4 Å². The number of anilines is 1. The van der Waals surface area contributed by atoms with E-state index in [1.807, 2.05) is 74.2 Å². The van der Waals surface area contributed by atoms with Gasteiger partial charge in [-0.15, -0.1) is 0 Å². The summed E-state index contributed by atoms with van der Waals surface area (Å²) in [7, 11) is 0. The molecule has 2 aromatic carbocycles. The maximum Gasteiger partial charge on any atom is 0.346 e. The number of hydrogen-bond acceptors (Lipinski definition) is 7. The first-order valence-corrected chi connectivity index (χ1v) is 15.0. The smallest absolute Gasteiger partial charge is 0.346 e. The molecule has 2 aliphatic rings. The van der Waals surface area contributed by atoms with Crippen LogP contribution in [0.2, 0.25) is 0 Å². The zero-order chi connectivity index (χ0) is 27.4. The van der Waals surface area contributed by atoms with Crippen molar-refractivity contribution in [3.63, 3.8) is 0 Å². The molecule has 38 heavy (non-hydrogen) atoms. The summed E-state index contributed by atoms with van der Waals surface area (Å²) in [6, 6.07) is 15.7. The molecular formula is C30H33NO4S3. The third-order valence-electron chi connectivity index (χ3n) is 6.42. The van der Waals surface area contributed by atoms with Crippen LogP contribution in [0.25, 0.3) is 10.5 Å². The molecule has 200 valence electrons. The Morgan fingerprint density at radius 2 is 1.74 bits per heavy atom. The molecule has 0 N–H and O–H groups in total. The Morgan fingerprint density at radius 1 is 1.00 bits per heavy atom. The predicted octanol–water partition coefficient (Wildman–Crippen LogP) is 7.85. The lowest BCUT2D eigenvalue weighted by atomic mass is 9.83. The number of unbranched alkanes of at least 4 members (excludes halogenated alkanes) is 1. The Balaban J connectivity index is 1.90. The van der Waals surface area contributed by atoms with Gasteiger partial charge in [-0.25, -0.2) is 4.79 Å². The summed E-state index contributed by atoms with van der Waals surface area (Å²) in [6.07, 6.45) is 2.21. The van der Waals surface area contributed by atoms with E-state index in [0.717, 1.165) is 44.4 Å². The van der Waals surface area contributed by atoms with Crippen LogP contribution >= 0.6 is 35.7 Å². The number of amides is 1. The Bertz CT molecular complexity index is 1310. The fraction of sp³-hybridized carbons (Fsp3) is 0.367. The molecule has 1 amide bonds. The van der Waals surface area contributed by atoms with Crippen molar-refractivity contribution >= 4 is 68.6 Å². The lowest BCUT2D eigenvalue weighted by Gasteiger charge is -2.45. The molecule has 2 aliphatic heterocycles. The van der Waals surface area contributed by atoms with Gasteiger partial charge >= 0.3 is 5.97 Å². The molecule has 0 aromatic heterocycles. The number of rotatable bonds is 8. The Labute approximate surface area is 239 Å². The van der Waals surface area contributed by atoms with Gasteiger partial charge in [-0.3, -0.25) is 4.79 Å². The molecule has 0 atom stereocenters. The van der Waals surface area contributed by atoms with Gasteiger partial charge in [0, 0.05) is 22.5 Å². The van der Waals surface area contributed by atoms with Gasteiger partial charge < -0.3 is 14.4 Å². The van der Waals surface area contributed by atoms with E-state index in [-0.39, 0.29) is 11.9 Å². The molecular weight excluding hydrogens is 535 g/mol. The Hall–Kier alpha value is -2.55. The number of nitrogens with zero attached hydrogens (tertiary/aromatic N) is 1. The van der Waals surface area contributed by atoms with E-state index in [0.29, 0.717) is 35.2 Å².